The van der Waals surface area contributed by atoms with Crippen LogP contribution < -0.4 is 10.1 Å². The standard InChI is InChI=1S/C22H26N2O2/c1-2-19(24-12-11-16-7-3-4-9-18(16)15-24)14-23-22(25)21-13-17-8-5-6-10-20(17)26-21/h3-10,19,21H,2,11-15H2,1H3,(H,23,25)/t19-,21+/m0/s1. The van der Waals surface area contributed by atoms with Gasteiger partial charge in [0.1, 0.15) is 5.75 Å². The summed E-state index contributed by atoms with van der Waals surface area (Å²) in [6, 6.07) is 16.9. The van der Waals surface area contributed by atoms with Crippen molar-refractivity contribution in [2.75, 3.05) is 13.1 Å². The van der Waals surface area contributed by atoms with Crippen molar-refractivity contribution < 1.29 is 9.53 Å². The lowest BCUT2D eigenvalue weighted by molar-refractivity contribution is -0.127. The van der Waals surface area contributed by atoms with Gasteiger partial charge >= 0.3 is 0 Å². The Bertz CT molecular complexity index is 764. The quantitative estimate of drug-likeness (QED) is 0.901. The Morgan fingerprint density at radius 3 is 2.65 bits per heavy atom. The van der Waals surface area contributed by atoms with Crippen LogP contribution in [0.3, 0.4) is 0 Å². The van der Waals surface area contributed by atoms with Crippen molar-refractivity contribution in [2.24, 2.45) is 0 Å². The first kappa shape index (κ1) is 17.1. The molecule has 2 aromatic carbocycles. The lowest BCUT2D eigenvalue weighted by atomic mass is 9.98. The van der Waals surface area contributed by atoms with Gasteiger partial charge in [-0.25, -0.2) is 0 Å². The molecule has 1 N–H and O–H groups in total. The summed E-state index contributed by atoms with van der Waals surface area (Å²) in [5.41, 5.74) is 3.99. The summed E-state index contributed by atoms with van der Waals surface area (Å²) in [6.07, 6.45) is 2.37. The van der Waals surface area contributed by atoms with Crippen LogP contribution in [0.1, 0.15) is 30.0 Å². The molecule has 0 saturated heterocycles. The molecule has 2 atom stereocenters. The molecule has 4 nitrogen and oxygen atoms in total. The third kappa shape index (κ3) is 3.47. The Kier molecular flexibility index (Phi) is 4.93. The molecule has 2 heterocycles. The molecule has 0 radical (unpaired) electrons. The van der Waals surface area contributed by atoms with Crippen LogP contribution in [0.25, 0.3) is 0 Å². The van der Waals surface area contributed by atoms with E-state index in [0.29, 0.717) is 19.0 Å². The molecular weight excluding hydrogens is 324 g/mol. The first-order chi connectivity index (χ1) is 12.7. The van der Waals surface area contributed by atoms with Crippen LogP contribution in [0.2, 0.25) is 0 Å². The summed E-state index contributed by atoms with van der Waals surface area (Å²) in [5.74, 6) is 0.837. The van der Waals surface area contributed by atoms with Gasteiger partial charge in [-0.15, -0.1) is 0 Å². The number of rotatable bonds is 5. The van der Waals surface area contributed by atoms with E-state index in [1.165, 1.54) is 11.1 Å². The number of nitrogens with one attached hydrogen (secondary N) is 1. The Labute approximate surface area is 155 Å². The SMILES string of the molecule is CC[C@@H](CNC(=O)[C@H]1Cc2ccccc2O1)N1CCc2ccccc2C1. The molecule has 1 amide bonds. The second-order valence-electron chi connectivity index (χ2n) is 7.21. The Morgan fingerprint density at radius 2 is 1.88 bits per heavy atom. The van der Waals surface area contributed by atoms with Gasteiger partial charge in [-0.05, 0) is 35.6 Å². The van der Waals surface area contributed by atoms with E-state index in [1.54, 1.807) is 0 Å². The number of carbonyl (C=O) groups is 1. The first-order valence-corrected chi connectivity index (χ1v) is 9.57. The maximum atomic E-state index is 12.6. The second-order valence-corrected chi connectivity index (χ2v) is 7.21. The fourth-order valence-electron chi connectivity index (χ4n) is 4.02. The van der Waals surface area contributed by atoms with Crippen molar-refractivity contribution in [3.05, 3.63) is 65.2 Å². The molecule has 2 aliphatic heterocycles. The zero-order chi connectivity index (χ0) is 17.9. The van der Waals surface area contributed by atoms with Gasteiger partial charge in [0, 0.05) is 32.1 Å². The van der Waals surface area contributed by atoms with Crippen LogP contribution in [0.4, 0.5) is 0 Å². The molecule has 4 heteroatoms. The highest BCUT2D eigenvalue weighted by molar-refractivity contribution is 5.82. The highest BCUT2D eigenvalue weighted by Crippen LogP contribution is 2.28. The number of hydrogen-bond donors (Lipinski definition) is 1. The summed E-state index contributed by atoms with van der Waals surface area (Å²) in [7, 11) is 0. The van der Waals surface area contributed by atoms with Gasteiger partial charge in [-0.2, -0.15) is 0 Å². The fraction of sp³-hybridized carbons (Fsp3) is 0.409. The lowest BCUT2D eigenvalue weighted by Crippen LogP contribution is -2.48. The number of amides is 1. The van der Waals surface area contributed by atoms with Gasteiger partial charge in [-0.3, -0.25) is 9.69 Å². The second kappa shape index (κ2) is 7.50. The average molecular weight is 350 g/mol. The fourth-order valence-corrected chi connectivity index (χ4v) is 4.02. The number of carbonyl (C=O) groups excluding carboxylic acids is 1. The molecule has 0 spiro atoms. The summed E-state index contributed by atoms with van der Waals surface area (Å²) >= 11 is 0. The molecule has 26 heavy (non-hydrogen) atoms. The van der Waals surface area contributed by atoms with E-state index in [1.807, 2.05) is 24.3 Å². The zero-order valence-corrected chi connectivity index (χ0v) is 15.3. The van der Waals surface area contributed by atoms with Gasteiger partial charge in [0.05, 0.1) is 0 Å². The molecule has 2 aromatic rings. The Morgan fingerprint density at radius 1 is 1.15 bits per heavy atom. The van der Waals surface area contributed by atoms with Gasteiger partial charge < -0.3 is 10.1 Å². The largest absolute Gasteiger partial charge is 0.480 e. The number of para-hydroxylation sites is 1. The lowest BCUT2D eigenvalue weighted by Gasteiger charge is -2.35. The molecule has 0 aliphatic carbocycles. The Balaban J connectivity index is 1.33. The minimum atomic E-state index is -0.396. The smallest absolute Gasteiger partial charge is 0.261 e. The van der Waals surface area contributed by atoms with Gasteiger partial charge in [0.25, 0.3) is 5.91 Å². The van der Waals surface area contributed by atoms with E-state index in [4.69, 9.17) is 4.74 Å². The van der Waals surface area contributed by atoms with Crippen molar-refractivity contribution in [2.45, 2.75) is 44.9 Å². The highest BCUT2D eigenvalue weighted by atomic mass is 16.5. The molecule has 0 bridgehead atoms. The van der Waals surface area contributed by atoms with E-state index < -0.39 is 6.10 Å². The third-order valence-corrected chi connectivity index (χ3v) is 5.60. The monoisotopic (exact) mass is 350 g/mol. The number of hydrogen-bond acceptors (Lipinski definition) is 3. The number of benzene rings is 2. The summed E-state index contributed by atoms with van der Waals surface area (Å²) in [6.45, 7) is 4.89. The molecule has 0 fully saturated rings. The third-order valence-electron chi connectivity index (χ3n) is 5.60. The maximum Gasteiger partial charge on any atom is 0.261 e. The number of fused-ring (bicyclic) bond motifs is 2. The minimum Gasteiger partial charge on any atom is -0.480 e. The van der Waals surface area contributed by atoms with E-state index in [-0.39, 0.29) is 5.91 Å². The molecule has 4 rings (SSSR count). The zero-order valence-electron chi connectivity index (χ0n) is 15.3. The van der Waals surface area contributed by atoms with E-state index in [2.05, 4.69) is 41.4 Å². The van der Waals surface area contributed by atoms with Gasteiger partial charge in [-0.1, -0.05) is 49.4 Å². The average Bonchev–Trinajstić information content (AvgIpc) is 3.12. The molecular formula is C22H26N2O2. The maximum absolute atomic E-state index is 12.6. The van der Waals surface area contributed by atoms with Crippen molar-refractivity contribution in [3.8, 4) is 5.75 Å². The summed E-state index contributed by atoms with van der Waals surface area (Å²) < 4.78 is 5.80. The Hall–Kier alpha value is -2.33. The topological polar surface area (TPSA) is 41.6 Å². The predicted molar refractivity (Wildman–Crippen MR) is 102 cm³/mol. The van der Waals surface area contributed by atoms with Crippen molar-refractivity contribution >= 4 is 5.91 Å². The number of nitrogens with zero attached hydrogens (tertiary/aromatic N) is 1. The van der Waals surface area contributed by atoms with Crippen LogP contribution in [-0.2, 0) is 24.2 Å². The van der Waals surface area contributed by atoms with Crippen LogP contribution >= 0.6 is 0 Å². The van der Waals surface area contributed by atoms with E-state index in [9.17, 15) is 4.79 Å². The van der Waals surface area contributed by atoms with Crippen molar-refractivity contribution in [1.82, 2.24) is 10.2 Å². The van der Waals surface area contributed by atoms with Crippen molar-refractivity contribution in [1.29, 1.82) is 0 Å². The van der Waals surface area contributed by atoms with Gasteiger partial charge in [0.2, 0.25) is 0 Å². The van der Waals surface area contributed by atoms with Crippen LogP contribution in [0, 0.1) is 0 Å². The normalized spacial score (nSPS) is 20.0. The molecule has 136 valence electrons. The van der Waals surface area contributed by atoms with Gasteiger partial charge in [0.15, 0.2) is 6.10 Å². The van der Waals surface area contributed by atoms with Crippen molar-refractivity contribution in [3.63, 3.8) is 0 Å². The molecule has 0 unspecified atom stereocenters. The summed E-state index contributed by atoms with van der Waals surface area (Å²) in [5, 5.41) is 3.13. The van der Waals surface area contributed by atoms with E-state index in [0.717, 1.165) is 37.2 Å². The minimum absolute atomic E-state index is 0.00272. The van der Waals surface area contributed by atoms with E-state index >= 15 is 0 Å². The number of ether oxygens (including phenoxy) is 1. The predicted octanol–water partition coefficient (Wildman–Crippen LogP) is 2.94. The molecule has 0 aromatic heterocycles. The molecule has 2 aliphatic rings. The highest BCUT2D eigenvalue weighted by Gasteiger charge is 2.29. The molecule has 0 saturated carbocycles. The van der Waals surface area contributed by atoms with Crippen LogP contribution in [-0.4, -0.2) is 36.0 Å². The van der Waals surface area contributed by atoms with Crippen LogP contribution in [0.15, 0.2) is 48.5 Å². The first-order valence-electron chi connectivity index (χ1n) is 9.57. The summed E-state index contributed by atoms with van der Waals surface area (Å²) in [4.78, 5) is 15.1. The van der Waals surface area contributed by atoms with Crippen LogP contribution in [0.5, 0.6) is 5.75 Å².